The normalized spacial score (nSPS) is 19.9. The first-order chi connectivity index (χ1) is 7.72. The van der Waals surface area contributed by atoms with Crippen molar-refractivity contribution in [1.29, 1.82) is 0 Å². The molecule has 0 spiro atoms. The van der Waals surface area contributed by atoms with Gasteiger partial charge in [0.05, 0.1) is 12.1 Å². The SMILES string of the molecule is NCc1nnc(SCC2(O)CCCCC2)o1. The van der Waals surface area contributed by atoms with Crippen LogP contribution in [0.5, 0.6) is 0 Å². The minimum absolute atomic E-state index is 0.262. The molecule has 0 unspecified atom stereocenters. The lowest BCUT2D eigenvalue weighted by atomic mass is 9.86. The second kappa shape index (κ2) is 5.16. The molecule has 16 heavy (non-hydrogen) atoms. The molecule has 5 nitrogen and oxygen atoms in total. The van der Waals surface area contributed by atoms with E-state index in [9.17, 15) is 5.11 Å². The molecule has 1 aliphatic rings. The van der Waals surface area contributed by atoms with Crippen LogP contribution in [0.3, 0.4) is 0 Å². The highest BCUT2D eigenvalue weighted by molar-refractivity contribution is 7.99. The minimum atomic E-state index is -0.555. The molecule has 3 N–H and O–H groups in total. The van der Waals surface area contributed by atoms with E-state index in [0.29, 0.717) is 16.9 Å². The molecular formula is C10H17N3O2S. The summed E-state index contributed by atoms with van der Waals surface area (Å²) in [5.41, 5.74) is 4.82. The lowest BCUT2D eigenvalue weighted by Gasteiger charge is -2.31. The average Bonchev–Trinajstić information content (AvgIpc) is 2.75. The molecule has 0 saturated heterocycles. The molecule has 0 bridgehead atoms. The lowest BCUT2D eigenvalue weighted by Crippen LogP contribution is -2.33. The van der Waals surface area contributed by atoms with Crippen LogP contribution >= 0.6 is 11.8 Å². The van der Waals surface area contributed by atoms with Gasteiger partial charge in [0, 0.05) is 5.75 Å². The standard InChI is InChI=1S/C10H17N3O2S/c11-6-8-12-13-9(15-8)16-7-10(14)4-2-1-3-5-10/h14H,1-7,11H2. The van der Waals surface area contributed by atoms with Gasteiger partial charge in [0.1, 0.15) is 0 Å². The summed E-state index contributed by atoms with van der Waals surface area (Å²) in [5, 5.41) is 18.4. The second-order valence-corrected chi connectivity index (χ2v) is 5.17. The summed E-state index contributed by atoms with van der Waals surface area (Å²) in [6.45, 7) is 0.262. The van der Waals surface area contributed by atoms with E-state index in [2.05, 4.69) is 10.2 Å². The summed E-state index contributed by atoms with van der Waals surface area (Å²) < 4.78 is 5.27. The molecule has 0 aliphatic heterocycles. The van der Waals surface area contributed by atoms with Gasteiger partial charge in [0.15, 0.2) is 0 Å². The van der Waals surface area contributed by atoms with Crippen molar-refractivity contribution in [2.45, 2.75) is 49.5 Å². The van der Waals surface area contributed by atoms with E-state index < -0.39 is 5.60 Å². The summed E-state index contributed by atoms with van der Waals surface area (Å²) in [6.07, 6.45) is 5.19. The van der Waals surface area contributed by atoms with E-state index in [4.69, 9.17) is 10.2 Å². The third kappa shape index (κ3) is 2.96. The van der Waals surface area contributed by atoms with Crippen LogP contribution in [0.4, 0.5) is 0 Å². The predicted octanol–water partition coefficient (Wildman–Crippen LogP) is 1.32. The van der Waals surface area contributed by atoms with Crippen molar-refractivity contribution < 1.29 is 9.52 Å². The number of hydrogen-bond acceptors (Lipinski definition) is 6. The van der Waals surface area contributed by atoms with Crippen molar-refractivity contribution in [1.82, 2.24) is 10.2 Å². The van der Waals surface area contributed by atoms with Crippen LogP contribution in [0.1, 0.15) is 38.0 Å². The minimum Gasteiger partial charge on any atom is -0.415 e. The highest BCUT2D eigenvalue weighted by Crippen LogP contribution is 2.32. The third-order valence-electron chi connectivity index (χ3n) is 2.87. The van der Waals surface area contributed by atoms with Crippen molar-refractivity contribution in [2.75, 3.05) is 5.75 Å². The van der Waals surface area contributed by atoms with Crippen molar-refractivity contribution in [3.63, 3.8) is 0 Å². The largest absolute Gasteiger partial charge is 0.415 e. The molecule has 1 aliphatic carbocycles. The number of hydrogen-bond donors (Lipinski definition) is 2. The maximum atomic E-state index is 10.3. The fraction of sp³-hybridized carbons (Fsp3) is 0.800. The van der Waals surface area contributed by atoms with Crippen molar-refractivity contribution in [3.8, 4) is 0 Å². The fourth-order valence-electron chi connectivity index (χ4n) is 1.93. The number of thioether (sulfide) groups is 1. The Labute approximate surface area is 98.8 Å². The molecule has 0 amide bonds. The number of rotatable bonds is 4. The Hall–Kier alpha value is -0.590. The predicted molar refractivity (Wildman–Crippen MR) is 60.9 cm³/mol. The summed E-state index contributed by atoms with van der Waals surface area (Å²) >= 11 is 1.42. The molecular weight excluding hydrogens is 226 g/mol. The maximum Gasteiger partial charge on any atom is 0.276 e. The Bertz CT molecular complexity index is 337. The van der Waals surface area contributed by atoms with Gasteiger partial charge in [-0.3, -0.25) is 0 Å². The lowest BCUT2D eigenvalue weighted by molar-refractivity contribution is 0.0271. The van der Waals surface area contributed by atoms with Gasteiger partial charge in [-0.2, -0.15) is 0 Å². The molecule has 1 aromatic heterocycles. The van der Waals surface area contributed by atoms with Crippen LogP contribution in [0.2, 0.25) is 0 Å². The first-order valence-corrected chi connectivity index (χ1v) is 6.58. The molecule has 2 rings (SSSR count). The van der Waals surface area contributed by atoms with Crippen molar-refractivity contribution >= 4 is 11.8 Å². The molecule has 1 fully saturated rings. The fourth-order valence-corrected chi connectivity index (χ4v) is 2.86. The highest BCUT2D eigenvalue weighted by atomic mass is 32.2. The third-order valence-corrected chi connectivity index (χ3v) is 3.97. The number of nitrogens with two attached hydrogens (primary N) is 1. The smallest absolute Gasteiger partial charge is 0.276 e. The molecule has 0 atom stereocenters. The van der Waals surface area contributed by atoms with Gasteiger partial charge in [0.25, 0.3) is 5.22 Å². The van der Waals surface area contributed by atoms with E-state index in [1.807, 2.05) is 0 Å². The quantitative estimate of drug-likeness (QED) is 0.776. The topological polar surface area (TPSA) is 85.2 Å². The first kappa shape index (κ1) is 11.9. The Morgan fingerprint density at radius 1 is 1.31 bits per heavy atom. The number of aromatic nitrogens is 2. The van der Waals surface area contributed by atoms with Gasteiger partial charge in [-0.25, -0.2) is 0 Å². The van der Waals surface area contributed by atoms with E-state index in [-0.39, 0.29) is 6.54 Å². The zero-order valence-corrected chi connectivity index (χ0v) is 10.0. The molecule has 1 saturated carbocycles. The summed E-state index contributed by atoms with van der Waals surface area (Å²) in [7, 11) is 0. The van der Waals surface area contributed by atoms with E-state index in [0.717, 1.165) is 25.7 Å². The zero-order valence-electron chi connectivity index (χ0n) is 9.19. The van der Waals surface area contributed by atoms with Gasteiger partial charge >= 0.3 is 0 Å². The van der Waals surface area contributed by atoms with Crippen LogP contribution < -0.4 is 5.73 Å². The number of aliphatic hydroxyl groups is 1. The molecule has 0 aromatic carbocycles. The molecule has 1 heterocycles. The Morgan fingerprint density at radius 3 is 2.69 bits per heavy atom. The average molecular weight is 243 g/mol. The van der Waals surface area contributed by atoms with Gasteiger partial charge in [0.2, 0.25) is 5.89 Å². The van der Waals surface area contributed by atoms with Crippen LogP contribution in [0, 0.1) is 0 Å². The Kier molecular flexibility index (Phi) is 3.83. The molecule has 0 radical (unpaired) electrons. The van der Waals surface area contributed by atoms with Crippen LogP contribution in [-0.2, 0) is 6.54 Å². The van der Waals surface area contributed by atoms with Crippen LogP contribution in [0.15, 0.2) is 9.64 Å². The Morgan fingerprint density at radius 2 is 2.06 bits per heavy atom. The molecule has 1 aromatic rings. The maximum absolute atomic E-state index is 10.3. The highest BCUT2D eigenvalue weighted by Gasteiger charge is 2.29. The summed E-state index contributed by atoms with van der Waals surface area (Å²) in [6, 6.07) is 0. The Balaban J connectivity index is 1.86. The van der Waals surface area contributed by atoms with Crippen LogP contribution in [0.25, 0.3) is 0 Å². The van der Waals surface area contributed by atoms with Crippen molar-refractivity contribution in [2.24, 2.45) is 5.73 Å². The summed E-state index contributed by atoms with van der Waals surface area (Å²) in [4.78, 5) is 0. The van der Waals surface area contributed by atoms with Gasteiger partial charge < -0.3 is 15.3 Å². The first-order valence-electron chi connectivity index (χ1n) is 5.59. The van der Waals surface area contributed by atoms with Gasteiger partial charge in [-0.05, 0) is 12.8 Å². The van der Waals surface area contributed by atoms with E-state index in [1.165, 1.54) is 18.2 Å². The molecule has 90 valence electrons. The monoisotopic (exact) mass is 243 g/mol. The summed E-state index contributed by atoms with van der Waals surface area (Å²) in [5.74, 6) is 1.07. The van der Waals surface area contributed by atoms with Gasteiger partial charge in [-0.15, -0.1) is 10.2 Å². The van der Waals surface area contributed by atoms with Gasteiger partial charge in [-0.1, -0.05) is 31.0 Å². The van der Waals surface area contributed by atoms with E-state index in [1.54, 1.807) is 0 Å². The zero-order chi connectivity index (χ0) is 11.4. The van der Waals surface area contributed by atoms with Crippen LogP contribution in [-0.4, -0.2) is 26.7 Å². The van der Waals surface area contributed by atoms with Crippen molar-refractivity contribution in [3.05, 3.63) is 5.89 Å². The molecule has 6 heteroatoms. The number of nitrogens with zero attached hydrogens (tertiary/aromatic N) is 2. The second-order valence-electron chi connectivity index (χ2n) is 4.24. The van der Waals surface area contributed by atoms with E-state index >= 15 is 0 Å².